The number of amides is 2. The van der Waals surface area contributed by atoms with Crippen LogP contribution in [0.1, 0.15) is 18.1 Å². The third-order valence-corrected chi connectivity index (χ3v) is 5.56. The second-order valence-corrected chi connectivity index (χ2v) is 7.63. The number of hydrogen-bond acceptors (Lipinski definition) is 3. The average Bonchev–Trinajstić information content (AvgIpc) is 3.04. The van der Waals surface area contributed by atoms with Crippen LogP contribution < -0.4 is 10.2 Å². The van der Waals surface area contributed by atoms with Crippen LogP contribution in [-0.2, 0) is 22.6 Å². The summed E-state index contributed by atoms with van der Waals surface area (Å²) in [4.78, 5) is 32.6. The van der Waals surface area contributed by atoms with Crippen LogP contribution in [0.5, 0.6) is 0 Å². The predicted octanol–water partition coefficient (Wildman–Crippen LogP) is 2.69. The van der Waals surface area contributed by atoms with Gasteiger partial charge in [-0.3, -0.25) is 9.59 Å². The predicted molar refractivity (Wildman–Crippen MR) is 115 cm³/mol. The van der Waals surface area contributed by atoms with Crippen LogP contribution in [0.25, 0.3) is 10.9 Å². The molecule has 150 valence electrons. The highest BCUT2D eigenvalue weighted by molar-refractivity contribution is 5.89. The highest BCUT2D eigenvalue weighted by Gasteiger charge is 2.28. The lowest BCUT2D eigenvalue weighted by Gasteiger charge is -2.27. The van der Waals surface area contributed by atoms with Gasteiger partial charge in [-0.05, 0) is 23.3 Å². The van der Waals surface area contributed by atoms with Crippen molar-refractivity contribution >= 4 is 28.4 Å². The lowest BCUT2D eigenvalue weighted by atomic mass is 10.0. The maximum Gasteiger partial charge on any atom is 0.245 e. The van der Waals surface area contributed by atoms with Gasteiger partial charge in [-0.1, -0.05) is 36.4 Å². The summed E-state index contributed by atoms with van der Waals surface area (Å²) >= 11 is 0. The molecule has 1 aromatic heterocycles. The van der Waals surface area contributed by atoms with E-state index in [2.05, 4.69) is 27.3 Å². The van der Waals surface area contributed by atoms with E-state index in [1.165, 1.54) is 6.92 Å². The molecule has 1 aliphatic rings. The molecule has 0 spiro atoms. The van der Waals surface area contributed by atoms with Gasteiger partial charge in [-0.2, -0.15) is 0 Å². The maximum absolute atomic E-state index is 13.4. The number of likely N-dealkylation sites (N-methyl/N-ethyl adjacent to an activating group) is 1. The van der Waals surface area contributed by atoms with Gasteiger partial charge in [0.1, 0.15) is 6.04 Å². The third kappa shape index (κ3) is 3.97. The van der Waals surface area contributed by atoms with Crippen molar-refractivity contribution in [3.63, 3.8) is 0 Å². The first-order chi connectivity index (χ1) is 14.0. The minimum atomic E-state index is -0.595. The average molecular weight is 390 g/mol. The summed E-state index contributed by atoms with van der Waals surface area (Å²) in [7, 11) is 2.05. The quantitative estimate of drug-likeness (QED) is 0.720. The Kier molecular flexibility index (Phi) is 5.25. The Labute approximate surface area is 170 Å². The minimum absolute atomic E-state index is 0.0458. The number of anilines is 1. The maximum atomic E-state index is 13.4. The van der Waals surface area contributed by atoms with Gasteiger partial charge >= 0.3 is 0 Å². The second kappa shape index (κ2) is 7.99. The van der Waals surface area contributed by atoms with Crippen molar-refractivity contribution in [3.05, 3.63) is 65.9 Å². The number of H-pyrrole nitrogens is 1. The Bertz CT molecular complexity index is 1040. The molecule has 2 amide bonds. The van der Waals surface area contributed by atoms with Crippen LogP contribution in [0.2, 0.25) is 0 Å². The summed E-state index contributed by atoms with van der Waals surface area (Å²) in [5, 5.41) is 3.96. The second-order valence-electron chi connectivity index (χ2n) is 7.63. The van der Waals surface area contributed by atoms with Crippen LogP contribution in [0.3, 0.4) is 0 Å². The number of para-hydroxylation sites is 2. The fraction of sp³-hybridized carbons (Fsp3) is 0.304. The first-order valence-electron chi connectivity index (χ1n) is 9.93. The van der Waals surface area contributed by atoms with Crippen molar-refractivity contribution in [2.24, 2.45) is 0 Å². The SMILES string of the molecule is CC(=O)N[C@@H](Cc1c[nH]c2ccccc12)C(=O)N1CCN(C)c2ccccc2C1. The Morgan fingerprint density at radius 1 is 1.10 bits per heavy atom. The zero-order valence-corrected chi connectivity index (χ0v) is 16.8. The van der Waals surface area contributed by atoms with Crippen LogP contribution in [-0.4, -0.2) is 47.9 Å². The van der Waals surface area contributed by atoms with Crippen molar-refractivity contribution in [1.82, 2.24) is 15.2 Å². The summed E-state index contributed by atoms with van der Waals surface area (Å²) in [6.45, 7) is 3.38. The molecular weight excluding hydrogens is 364 g/mol. The first kappa shape index (κ1) is 19.1. The molecule has 0 unspecified atom stereocenters. The minimum Gasteiger partial charge on any atom is -0.373 e. The molecule has 1 aliphatic heterocycles. The molecule has 2 aromatic carbocycles. The third-order valence-electron chi connectivity index (χ3n) is 5.56. The van der Waals surface area contributed by atoms with Crippen molar-refractivity contribution in [2.75, 3.05) is 25.0 Å². The van der Waals surface area contributed by atoms with Gasteiger partial charge in [0.15, 0.2) is 0 Å². The molecular formula is C23H26N4O2. The molecule has 0 bridgehead atoms. The van der Waals surface area contributed by atoms with Crippen molar-refractivity contribution in [1.29, 1.82) is 0 Å². The number of carbonyl (C=O) groups excluding carboxylic acids is 2. The normalized spacial score (nSPS) is 15.0. The number of carbonyl (C=O) groups is 2. The fourth-order valence-corrected chi connectivity index (χ4v) is 4.07. The molecule has 3 aromatic rings. The first-order valence-corrected chi connectivity index (χ1v) is 9.93. The Balaban J connectivity index is 1.60. The van der Waals surface area contributed by atoms with Gasteiger partial charge in [0, 0.05) is 62.8 Å². The lowest BCUT2D eigenvalue weighted by Crippen LogP contribution is -2.49. The zero-order valence-electron chi connectivity index (χ0n) is 16.8. The van der Waals surface area contributed by atoms with Crippen molar-refractivity contribution in [3.8, 4) is 0 Å². The molecule has 6 nitrogen and oxygen atoms in total. The van der Waals surface area contributed by atoms with Crippen LogP contribution >= 0.6 is 0 Å². The van der Waals surface area contributed by atoms with Crippen molar-refractivity contribution in [2.45, 2.75) is 25.9 Å². The van der Waals surface area contributed by atoms with E-state index in [1.54, 1.807) is 0 Å². The molecule has 2 heterocycles. The summed E-state index contributed by atoms with van der Waals surface area (Å²) in [5.41, 5.74) is 4.33. The molecule has 4 rings (SSSR count). The molecule has 6 heteroatoms. The van der Waals surface area contributed by atoms with E-state index < -0.39 is 6.04 Å². The smallest absolute Gasteiger partial charge is 0.245 e. The van der Waals surface area contributed by atoms with Gasteiger partial charge < -0.3 is 20.1 Å². The van der Waals surface area contributed by atoms with Crippen LogP contribution in [0.4, 0.5) is 5.69 Å². The van der Waals surface area contributed by atoms with E-state index in [0.717, 1.165) is 34.3 Å². The van der Waals surface area contributed by atoms with E-state index in [4.69, 9.17) is 0 Å². The molecule has 29 heavy (non-hydrogen) atoms. The van der Waals surface area contributed by atoms with E-state index in [-0.39, 0.29) is 11.8 Å². The summed E-state index contributed by atoms with van der Waals surface area (Å²) in [5.74, 6) is -0.244. The van der Waals surface area contributed by atoms with Gasteiger partial charge in [-0.15, -0.1) is 0 Å². The van der Waals surface area contributed by atoms with Gasteiger partial charge in [0.05, 0.1) is 0 Å². The molecule has 0 aliphatic carbocycles. The molecule has 0 radical (unpaired) electrons. The summed E-state index contributed by atoms with van der Waals surface area (Å²) in [6, 6.07) is 15.6. The number of fused-ring (bicyclic) bond motifs is 2. The molecule has 2 N–H and O–H groups in total. The number of hydrogen-bond donors (Lipinski definition) is 2. The molecule has 1 atom stereocenters. The Morgan fingerprint density at radius 2 is 1.86 bits per heavy atom. The molecule has 0 saturated heterocycles. The number of aromatic amines is 1. The Morgan fingerprint density at radius 3 is 2.69 bits per heavy atom. The number of aromatic nitrogens is 1. The largest absolute Gasteiger partial charge is 0.373 e. The number of nitrogens with one attached hydrogen (secondary N) is 2. The van der Waals surface area contributed by atoms with Crippen LogP contribution in [0.15, 0.2) is 54.7 Å². The van der Waals surface area contributed by atoms with Crippen LogP contribution in [0, 0.1) is 0 Å². The monoisotopic (exact) mass is 390 g/mol. The van der Waals surface area contributed by atoms with E-state index >= 15 is 0 Å². The van der Waals surface area contributed by atoms with Gasteiger partial charge in [-0.25, -0.2) is 0 Å². The molecule has 0 saturated carbocycles. The highest BCUT2D eigenvalue weighted by Crippen LogP contribution is 2.25. The topological polar surface area (TPSA) is 68.4 Å². The van der Waals surface area contributed by atoms with Gasteiger partial charge in [0.25, 0.3) is 0 Å². The van der Waals surface area contributed by atoms with E-state index in [1.807, 2.05) is 54.5 Å². The Hall–Kier alpha value is -3.28. The number of nitrogens with zero attached hydrogens (tertiary/aromatic N) is 2. The standard InChI is InChI=1S/C23H26N4O2/c1-16(28)25-21(13-18-14-24-20-9-5-4-8-19(18)20)23(29)27-12-11-26(2)22-10-6-3-7-17(22)15-27/h3-10,14,21,24H,11-13,15H2,1-2H3,(H,25,28)/t21-/m0/s1. The highest BCUT2D eigenvalue weighted by atomic mass is 16.2. The fourth-order valence-electron chi connectivity index (χ4n) is 4.07. The summed E-state index contributed by atoms with van der Waals surface area (Å²) < 4.78 is 0. The number of rotatable bonds is 4. The van der Waals surface area contributed by atoms with Gasteiger partial charge in [0.2, 0.25) is 11.8 Å². The lowest BCUT2D eigenvalue weighted by molar-refractivity contribution is -0.136. The molecule has 0 fully saturated rings. The summed E-state index contributed by atoms with van der Waals surface area (Å²) in [6.07, 6.45) is 2.38. The number of benzene rings is 2. The van der Waals surface area contributed by atoms with E-state index in [9.17, 15) is 9.59 Å². The van der Waals surface area contributed by atoms with Crippen molar-refractivity contribution < 1.29 is 9.59 Å². The zero-order chi connectivity index (χ0) is 20.4. The van der Waals surface area contributed by atoms with E-state index in [0.29, 0.717) is 19.5 Å².